The molecule has 3 nitrogen and oxygen atoms in total. The molecule has 2 aromatic carbocycles. The van der Waals surface area contributed by atoms with Crippen molar-refractivity contribution in [1.29, 1.82) is 0 Å². The Morgan fingerprint density at radius 3 is 2.58 bits per heavy atom. The van der Waals surface area contributed by atoms with Gasteiger partial charge in [-0.3, -0.25) is 5.84 Å². The Labute approximate surface area is 118 Å². The van der Waals surface area contributed by atoms with E-state index in [0.717, 1.165) is 11.1 Å². The highest BCUT2D eigenvalue weighted by molar-refractivity contribution is 6.32. The number of hydrogen-bond acceptors (Lipinski definition) is 3. The molecule has 19 heavy (non-hydrogen) atoms. The number of ether oxygens (including phenoxy) is 1. The van der Waals surface area contributed by atoms with E-state index >= 15 is 0 Å². The molecule has 2 rings (SSSR count). The van der Waals surface area contributed by atoms with Crippen LogP contribution in [0.4, 0.5) is 0 Å². The minimum atomic E-state index is -0.0904. The van der Waals surface area contributed by atoms with E-state index in [9.17, 15) is 0 Å². The fourth-order valence-corrected chi connectivity index (χ4v) is 2.33. The summed E-state index contributed by atoms with van der Waals surface area (Å²) in [5.74, 6) is 6.36. The SMILES string of the molecule is COc1cc(C(NN)c2ccccc2C)ccc1Cl. The second kappa shape index (κ2) is 6.06. The Hall–Kier alpha value is -1.55. The van der Waals surface area contributed by atoms with E-state index in [2.05, 4.69) is 24.5 Å². The molecule has 0 amide bonds. The van der Waals surface area contributed by atoms with Gasteiger partial charge in [0.15, 0.2) is 0 Å². The van der Waals surface area contributed by atoms with Gasteiger partial charge in [0.2, 0.25) is 0 Å². The van der Waals surface area contributed by atoms with Crippen molar-refractivity contribution in [2.24, 2.45) is 5.84 Å². The fraction of sp³-hybridized carbons (Fsp3) is 0.200. The average Bonchev–Trinajstić information content (AvgIpc) is 2.43. The predicted octanol–water partition coefficient (Wildman–Crippen LogP) is 3.21. The number of benzene rings is 2. The van der Waals surface area contributed by atoms with Crippen LogP contribution in [0.3, 0.4) is 0 Å². The molecule has 0 fully saturated rings. The first kappa shape index (κ1) is 13.9. The van der Waals surface area contributed by atoms with Crippen LogP contribution in [0.25, 0.3) is 0 Å². The molecule has 3 N–H and O–H groups in total. The van der Waals surface area contributed by atoms with E-state index in [1.54, 1.807) is 7.11 Å². The van der Waals surface area contributed by atoms with Crippen molar-refractivity contribution in [2.75, 3.05) is 7.11 Å². The molecule has 0 radical (unpaired) electrons. The second-order valence-electron chi connectivity index (χ2n) is 4.35. The smallest absolute Gasteiger partial charge is 0.137 e. The summed E-state index contributed by atoms with van der Waals surface area (Å²) in [6.07, 6.45) is 0. The molecular weight excluding hydrogens is 260 g/mol. The minimum Gasteiger partial charge on any atom is -0.495 e. The van der Waals surface area contributed by atoms with E-state index in [1.807, 2.05) is 30.3 Å². The van der Waals surface area contributed by atoms with Crippen LogP contribution in [-0.2, 0) is 0 Å². The lowest BCUT2D eigenvalue weighted by molar-refractivity contribution is 0.414. The Morgan fingerprint density at radius 1 is 1.21 bits per heavy atom. The highest BCUT2D eigenvalue weighted by atomic mass is 35.5. The third-order valence-corrected chi connectivity index (χ3v) is 3.49. The summed E-state index contributed by atoms with van der Waals surface area (Å²) in [6.45, 7) is 2.06. The lowest BCUT2D eigenvalue weighted by Crippen LogP contribution is -2.29. The van der Waals surface area contributed by atoms with Gasteiger partial charge in [-0.25, -0.2) is 5.43 Å². The van der Waals surface area contributed by atoms with Crippen LogP contribution in [0.2, 0.25) is 5.02 Å². The number of aryl methyl sites for hydroxylation is 1. The van der Waals surface area contributed by atoms with Crippen LogP contribution in [0.1, 0.15) is 22.7 Å². The van der Waals surface area contributed by atoms with Crippen molar-refractivity contribution in [3.8, 4) is 5.75 Å². The Bertz CT molecular complexity index is 572. The number of nitrogens with two attached hydrogens (primary N) is 1. The van der Waals surface area contributed by atoms with Gasteiger partial charge in [0.05, 0.1) is 18.2 Å². The molecule has 0 saturated heterocycles. The maximum absolute atomic E-state index is 6.04. The van der Waals surface area contributed by atoms with Gasteiger partial charge in [0.1, 0.15) is 5.75 Å². The van der Waals surface area contributed by atoms with Gasteiger partial charge >= 0.3 is 0 Å². The zero-order valence-electron chi connectivity index (χ0n) is 11.0. The van der Waals surface area contributed by atoms with E-state index in [1.165, 1.54) is 5.56 Å². The molecule has 0 aliphatic carbocycles. The van der Waals surface area contributed by atoms with Crippen LogP contribution in [-0.4, -0.2) is 7.11 Å². The summed E-state index contributed by atoms with van der Waals surface area (Å²) in [4.78, 5) is 0. The van der Waals surface area contributed by atoms with Crippen molar-refractivity contribution < 1.29 is 4.74 Å². The number of nitrogens with one attached hydrogen (secondary N) is 1. The third kappa shape index (κ3) is 2.89. The van der Waals surface area contributed by atoms with Crippen molar-refractivity contribution in [3.05, 3.63) is 64.2 Å². The highest BCUT2D eigenvalue weighted by Crippen LogP contribution is 2.31. The van der Waals surface area contributed by atoms with E-state index in [4.69, 9.17) is 22.2 Å². The molecule has 1 unspecified atom stereocenters. The van der Waals surface area contributed by atoms with E-state index in [0.29, 0.717) is 10.8 Å². The number of hydrogen-bond donors (Lipinski definition) is 2. The first-order chi connectivity index (χ1) is 9.17. The average molecular weight is 277 g/mol. The van der Waals surface area contributed by atoms with Crippen molar-refractivity contribution in [3.63, 3.8) is 0 Å². The molecule has 100 valence electrons. The summed E-state index contributed by atoms with van der Waals surface area (Å²) in [5, 5.41) is 0.590. The Kier molecular flexibility index (Phi) is 4.43. The quantitative estimate of drug-likeness (QED) is 0.666. The Balaban J connectivity index is 2.45. The number of rotatable bonds is 4. The van der Waals surface area contributed by atoms with Gasteiger partial charge in [-0.1, -0.05) is 41.9 Å². The van der Waals surface area contributed by atoms with Gasteiger partial charge in [-0.15, -0.1) is 0 Å². The van der Waals surface area contributed by atoms with Gasteiger partial charge in [0.25, 0.3) is 0 Å². The molecule has 0 spiro atoms. The molecule has 0 bridgehead atoms. The topological polar surface area (TPSA) is 47.3 Å². The third-order valence-electron chi connectivity index (χ3n) is 3.17. The summed E-state index contributed by atoms with van der Waals surface area (Å²) in [6, 6.07) is 13.7. The zero-order valence-corrected chi connectivity index (χ0v) is 11.7. The lowest BCUT2D eigenvalue weighted by atomic mass is 9.95. The first-order valence-electron chi connectivity index (χ1n) is 6.02. The number of hydrazine groups is 1. The predicted molar refractivity (Wildman–Crippen MR) is 78.3 cm³/mol. The molecule has 4 heteroatoms. The molecule has 0 saturated carbocycles. The standard InChI is InChI=1S/C15H17ClN2O/c1-10-5-3-4-6-12(10)15(18-17)11-7-8-13(16)14(9-11)19-2/h3-9,15,18H,17H2,1-2H3. The number of methoxy groups -OCH3 is 1. The highest BCUT2D eigenvalue weighted by Gasteiger charge is 2.15. The molecule has 0 aromatic heterocycles. The largest absolute Gasteiger partial charge is 0.495 e. The molecule has 0 aliphatic rings. The van der Waals surface area contributed by atoms with Crippen molar-refractivity contribution in [2.45, 2.75) is 13.0 Å². The fourth-order valence-electron chi connectivity index (χ4n) is 2.13. The molecule has 0 aliphatic heterocycles. The van der Waals surface area contributed by atoms with Crippen LogP contribution >= 0.6 is 11.6 Å². The second-order valence-corrected chi connectivity index (χ2v) is 4.76. The molecule has 2 aromatic rings. The van der Waals surface area contributed by atoms with Gasteiger partial charge in [0, 0.05) is 0 Å². The summed E-state index contributed by atoms with van der Waals surface area (Å²) >= 11 is 6.04. The van der Waals surface area contributed by atoms with E-state index in [-0.39, 0.29) is 6.04 Å². The molecule has 0 heterocycles. The normalized spacial score (nSPS) is 12.2. The number of halogens is 1. The zero-order chi connectivity index (χ0) is 13.8. The van der Waals surface area contributed by atoms with Crippen molar-refractivity contribution in [1.82, 2.24) is 5.43 Å². The van der Waals surface area contributed by atoms with Gasteiger partial charge < -0.3 is 4.74 Å². The van der Waals surface area contributed by atoms with Gasteiger partial charge in [-0.2, -0.15) is 0 Å². The summed E-state index contributed by atoms with van der Waals surface area (Å²) < 4.78 is 5.25. The molecular formula is C15H17ClN2O. The van der Waals surface area contributed by atoms with Gasteiger partial charge in [-0.05, 0) is 35.7 Å². The lowest BCUT2D eigenvalue weighted by Gasteiger charge is -2.20. The van der Waals surface area contributed by atoms with Crippen LogP contribution in [0.5, 0.6) is 5.75 Å². The molecule has 1 atom stereocenters. The first-order valence-corrected chi connectivity index (χ1v) is 6.40. The monoisotopic (exact) mass is 276 g/mol. The Morgan fingerprint density at radius 2 is 1.95 bits per heavy atom. The van der Waals surface area contributed by atoms with Crippen LogP contribution in [0.15, 0.2) is 42.5 Å². The summed E-state index contributed by atoms with van der Waals surface area (Å²) in [7, 11) is 1.60. The van der Waals surface area contributed by atoms with E-state index < -0.39 is 0 Å². The van der Waals surface area contributed by atoms with Crippen LogP contribution < -0.4 is 16.0 Å². The maximum atomic E-state index is 6.04. The maximum Gasteiger partial charge on any atom is 0.137 e. The van der Waals surface area contributed by atoms with Crippen LogP contribution in [0, 0.1) is 6.92 Å². The van der Waals surface area contributed by atoms with Crippen molar-refractivity contribution >= 4 is 11.6 Å². The minimum absolute atomic E-state index is 0.0904. The summed E-state index contributed by atoms with van der Waals surface area (Å²) in [5.41, 5.74) is 6.17.